The molecular formula is C20H20O2. The molecule has 2 rings (SSSR count). The summed E-state index contributed by atoms with van der Waals surface area (Å²) < 4.78 is 0. The second kappa shape index (κ2) is 8.66. The van der Waals surface area contributed by atoms with Crippen LogP contribution in [-0.4, -0.2) is 11.1 Å². The molecule has 2 heteroatoms. The molecule has 0 fully saturated rings. The Morgan fingerprint density at radius 3 is 2.32 bits per heavy atom. The Morgan fingerprint density at radius 2 is 1.68 bits per heavy atom. The molecule has 0 amide bonds. The summed E-state index contributed by atoms with van der Waals surface area (Å²) in [5.74, 6) is -0.590. The van der Waals surface area contributed by atoms with Gasteiger partial charge in [0.05, 0.1) is 6.42 Å². The van der Waals surface area contributed by atoms with Gasteiger partial charge in [-0.2, -0.15) is 0 Å². The van der Waals surface area contributed by atoms with Gasteiger partial charge in [-0.05, 0) is 36.1 Å². The highest BCUT2D eigenvalue weighted by Gasteiger charge is 2.07. The van der Waals surface area contributed by atoms with E-state index >= 15 is 0 Å². The molecule has 0 aliphatic carbocycles. The smallest absolute Gasteiger partial charge is 0.307 e. The van der Waals surface area contributed by atoms with E-state index < -0.39 is 5.97 Å². The molecule has 0 spiro atoms. The predicted octanol–water partition coefficient (Wildman–Crippen LogP) is 4.59. The van der Waals surface area contributed by atoms with Crippen molar-refractivity contribution < 1.29 is 9.90 Å². The van der Waals surface area contributed by atoms with E-state index in [-0.39, 0.29) is 12.3 Å². The molecule has 2 aromatic carbocycles. The van der Waals surface area contributed by atoms with Crippen molar-refractivity contribution >= 4 is 5.97 Å². The van der Waals surface area contributed by atoms with E-state index in [1.165, 1.54) is 11.1 Å². The molecule has 2 nitrogen and oxygen atoms in total. The summed E-state index contributed by atoms with van der Waals surface area (Å²) in [6.45, 7) is 0. The molecule has 1 unspecified atom stereocenters. The standard InChI is InChI=1S/C20H20O2/c21-20(22)14-8-7-13-19(18-11-5-2-6-12-18)16-15-17-9-3-1-4-10-17/h1-6,8-13,19H,14-16H2,(H,21,22). The first kappa shape index (κ1) is 15.8. The van der Waals surface area contributed by atoms with Crippen molar-refractivity contribution in [2.24, 2.45) is 0 Å². The Morgan fingerprint density at radius 1 is 1.05 bits per heavy atom. The molecule has 1 N–H and O–H groups in total. The number of aliphatic carboxylic acids is 1. The Kier molecular flexibility index (Phi) is 6.22. The average molecular weight is 292 g/mol. The number of aryl methyl sites for hydroxylation is 1. The second-order valence-electron chi connectivity index (χ2n) is 5.18. The van der Waals surface area contributed by atoms with Gasteiger partial charge in [0.15, 0.2) is 0 Å². The molecule has 0 aliphatic rings. The van der Waals surface area contributed by atoms with Crippen molar-refractivity contribution in [3.8, 4) is 0 Å². The van der Waals surface area contributed by atoms with Crippen molar-refractivity contribution in [1.82, 2.24) is 0 Å². The molecule has 112 valence electrons. The average Bonchev–Trinajstić information content (AvgIpc) is 2.55. The lowest BCUT2D eigenvalue weighted by molar-refractivity contribution is -0.135. The first-order valence-electron chi connectivity index (χ1n) is 7.47. The maximum atomic E-state index is 10.5. The van der Waals surface area contributed by atoms with Crippen LogP contribution in [0.5, 0.6) is 0 Å². The highest BCUT2D eigenvalue weighted by molar-refractivity contribution is 5.68. The van der Waals surface area contributed by atoms with Gasteiger partial charge in [0.25, 0.3) is 0 Å². The van der Waals surface area contributed by atoms with Gasteiger partial charge in [-0.3, -0.25) is 4.79 Å². The first-order chi connectivity index (χ1) is 10.8. The number of carboxylic acid groups (broad SMARTS) is 1. The van der Waals surface area contributed by atoms with Crippen LogP contribution < -0.4 is 0 Å². The van der Waals surface area contributed by atoms with Gasteiger partial charge in [0, 0.05) is 5.92 Å². The van der Waals surface area contributed by atoms with Gasteiger partial charge in [-0.15, -0.1) is 5.73 Å². The molecule has 0 radical (unpaired) electrons. The van der Waals surface area contributed by atoms with Gasteiger partial charge in [-0.1, -0.05) is 60.7 Å². The minimum absolute atomic E-state index is 0.0106. The van der Waals surface area contributed by atoms with E-state index in [1.54, 1.807) is 6.08 Å². The van der Waals surface area contributed by atoms with Crippen LogP contribution >= 0.6 is 0 Å². The summed E-state index contributed by atoms with van der Waals surface area (Å²) in [7, 11) is 0. The second-order valence-corrected chi connectivity index (χ2v) is 5.18. The minimum Gasteiger partial charge on any atom is -0.481 e. The molecule has 0 saturated carbocycles. The Hall–Kier alpha value is -2.57. The third kappa shape index (κ3) is 5.43. The van der Waals surface area contributed by atoms with E-state index in [1.807, 2.05) is 30.3 Å². The summed E-state index contributed by atoms with van der Waals surface area (Å²) in [5, 5.41) is 8.66. The summed E-state index contributed by atoms with van der Waals surface area (Å²) >= 11 is 0. The van der Waals surface area contributed by atoms with Crippen molar-refractivity contribution in [2.75, 3.05) is 0 Å². The van der Waals surface area contributed by atoms with Crippen LogP contribution in [0.15, 0.2) is 78.5 Å². The third-order valence-corrected chi connectivity index (χ3v) is 3.51. The van der Waals surface area contributed by atoms with Crippen molar-refractivity contribution in [3.05, 3.63) is 89.7 Å². The van der Waals surface area contributed by atoms with Crippen molar-refractivity contribution in [2.45, 2.75) is 25.2 Å². The zero-order valence-electron chi connectivity index (χ0n) is 12.5. The molecular weight excluding hydrogens is 272 g/mol. The maximum Gasteiger partial charge on any atom is 0.307 e. The lowest BCUT2D eigenvalue weighted by atomic mass is 9.92. The van der Waals surface area contributed by atoms with Gasteiger partial charge in [0.2, 0.25) is 0 Å². The molecule has 0 aliphatic heterocycles. The van der Waals surface area contributed by atoms with E-state index in [2.05, 4.69) is 42.1 Å². The van der Waals surface area contributed by atoms with E-state index in [4.69, 9.17) is 5.11 Å². The third-order valence-electron chi connectivity index (χ3n) is 3.51. The maximum absolute atomic E-state index is 10.5. The van der Waals surface area contributed by atoms with Crippen LogP contribution in [0.1, 0.15) is 29.9 Å². The number of hydrogen-bond donors (Lipinski definition) is 1. The lowest BCUT2D eigenvalue weighted by Crippen LogP contribution is -1.97. The van der Waals surface area contributed by atoms with Crippen molar-refractivity contribution in [3.63, 3.8) is 0 Å². The zero-order valence-corrected chi connectivity index (χ0v) is 12.5. The van der Waals surface area contributed by atoms with E-state index in [0.717, 1.165) is 12.8 Å². The molecule has 2 aromatic rings. The normalized spacial score (nSPS) is 11.3. The highest BCUT2D eigenvalue weighted by atomic mass is 16.4. The Balaban J connectivity index is 2.08. The molecule has 22 heavy (non-hydrogen) atoms. The van der Waals surface area contributed by atoms with E-state index in [9.17, 15) is 4.79 Å². The fourth-order valence-electron chi connectivity index (χ4n) is 2.34. The Labute approximate surface area is 131 Å². The molecule has 0 heterocycles. The summed E-state index contributed by atoms with van der Waals surface area (Å²) in [4.78, 5) is 10.5. The number of rotatable bonds is 7. The summed E-state index contributed by atoms with van der Waals surface area (Å²) in [6, 6.07) is 20.6. The molecule has 0 bridgehead atoms. The number of carbonyl (C=O) groups is 1. The highest BCUT2D eigenvalue weighted by Crippen LogP contribution is 2.22. The molecule has 0 saturated heterocycles. The topological polar surface area (TPSA) is 37.3 Å². The van der Waals surface area contributed by atoms with Crippen LogP contribution in [0.3, 0.4) is 0 Å². The van der Waals surface area contributed by atoms with Crippen LogP contribution in [0.2, 0.25) is 0 Å². The Bertz CT molecular complexity index is 638. The number of hydrogen-bond acceptors (Lipinski definition) is 1. The lowest BCUT2D eigenvalue weighted by Gasteiger charge is -2.12. The van der Waals surface area contributed by atoms with Crippen molar-refractivity contribution in [1.29, 1.82) is 0 Å². The minimum atomic E-state index is -0.832. The van der Waals surface area contributed by atoms with Gasteiger partial charge >= 0.3 is 5.97 Å². The fraction of sp³-hybridized carbons (Fsp3) is 0.200. The SMILES string of the molecule is O=C(O)CC=C=CC(CCc1ccccc1)c1ccccc1. The number of benzene rings is 2. The largest absolute Gasteiger partial charge is 0.481 e. The van der Waals surface area contributed by atoms with Gasteiger partial charge < -0.3 is 5.11 Å². The van der Waals surface area contributed by atoms with Gasteiger partial charge in [0.1, 0.15) is 0 Å². The predicted molar refractivity (Wildman–Crippen MR) is 88.9 cm³/mol. The van der Waals surface area contributed by atoms with E-state index in [0.29, 0.717) is 0 Å². The van der Waals surface area contributed by atoms with Crippen LogP contribution in [-0.2, 0) is 11.2 Å². The van der Waals surface area contributed by atoms with Gasteiger partial charge in [-0.25, -0.2) is 0 Å². The molecule has 1 atom stereocenters. The van der Waals surface area contributed by atoms with Crippen LogP contribution in [0.25, 0.3) is 0 Å². The summed E-state index contributed by atoms with van der Waals surface area (Å²) in [6.07, 6.45) is 5.51. The van der Waals surface area contributed by atoms with Crippen LogP contribution in [0.4, 0.5) is 0 Å². The molecule has 0 aromatic heterocycles. The van der Waals surface area contributed by atoms with Crippen LogP contribution in [0, 0.1) is 0 Å². The first-order valence-corrected chi connectivity index (χ1v) is 7.47. The quantitative estimate of drug-likeness (QED) is 0.758. The fourth-order valence-corrected chi connectivity index (χ4v) is 2.34. The zero-order chi connectivity index (χ0) is 15.6. The number of carboxylic acids is 1. The monoisotopic (exact) mass is 292 g/mol. The summed E-state index contributed by atoms with van der Waals surface area (Å²) in [5.41, 5.74) is 5.56.